The van der Waals surface area contributed by atoms with Gasteiger partial charge in [-0.1, -0.05) is 24.3 Å². The molecule has 0 aliphatic heterocycles. The standard InChI is InChI=1S/C34H30F3N3O6S/c1-44-28-17-21(18-29(45-2)31(28)46-3)16-27(40-32(42)22-8-5-4-6-9-22)33(43)39-24-12-14-26(15-13-24)47-20-30(41)38-25-11-7-10-23(19-25)34(35,36)37/h4-19H,20H2,1-3H3,(H,38,41)(H,39,43)(H,40,42)/b27-16-. The fourth-order valence-electron chi connectivity index (χ4n) is 4.25. The van der Waals surface area contributed by atoms with E-state index in [4.69, 9.17) is 14.2 Å². The average molecular weight is 666 g/mol. The van der Waals surface area contributed by atoms with Crippen molar-refractivity contribution in [2.45, 2.75) is 11.1 Å². The Morgan fingerprint density at radius 3 is 2.02 bits per heavy atom. The number of carbonyl (C=O) groups is 3. The van der Waals surface area contributed by atoms with Crippen LogP contribution < -0.4 is 30.2 Å². The van der Waals surface area contributed by atoms with Crippen molar-refractivity contribution in [1.82, 2.24) is 5.32 Å². The molecule has 0 atom stereocenters. The molecule has 0 saturated carbocycles. The number of ether oxygens (including phenoxy) is 3. The Morgan fingerprint density at radius 1 is 0.766 bits per heavy atom. The van der Waals surface area contributed by atoms with Crippen molar-refractivity contribution >= 4 is 46.9 Å². The van der Waals surface area contributed by atoms with E-state index >= 15 is 0 Å². The molecule has 3 N–H and O–H groups in total. The predicted octanol–water partition coefficient (Wildman–Crippen LogP) is 6.87. The highest BCUT2D eigenvalue weighted by molar-refractivity contribution is 8.00. The average Bonchev–Trinajstić information content (AvgIpc) is 3.07. The molecule has 4 aromatic rings. The van der Waals surface area contributed by atoms with Crippen LogP contribution >= 0.6 is 11.8 Å². The van der Waals surface area contributed by atoms with Crippen LogP contribution in [0.15, 0.2) is 102 Å². The molecule has 0 bridgehead atoms. The first-order chi connectivity index (χ1) is 22.5. The molecule has 0 heterocycles. The molecule has 4 rings (SSSR count). The van der Waals surface area contributed by atoms with Gasteiger partial charge in [0, 0.05) is 21.8 Å². The van der Waals surface area contributed by atoms with Crippen LogP contribution in [0, 0.1) is 0 Å². The van der Waals surface area contributed by atoms with Gasteiger partial charge in [0.2, 0.25) is 11.7 Å². The molecule has 0 spiro atoms. The van der Waals surface area contributed by atoms with E-state index in [-0.39, 0.29) is 17.1 Å². The van der Waals surface area contributed by atoms with E-state index in [0.29, 0.717) is 39.0 Å². The molecular weight excluding hydrogens is 635 g/mol. The van der Waals surface area contributed by atoms with Gasteiger partial charge in [-0.15, -0.1) is 11.8 Å². The lowest BCUT2D eigenvalue weighted by atomic mass is 10.1. The highest BCUT2D eigenvalue weighted by Gasteiger charge is 2.30. The number of nitrogens with one attached hydrogen (secondary N) is 3. The van der Waals surface area contributed by atoms with Crippen molar-refractivity contribution in [3.63, 3.8) is 0 Å². The summed E-state index contributed by atoms with van der Waals surface area (Å²) >= 11 is 1.16. The summed E-state index contributed by atoms with van der Waals surface area (Å²) in [6, 6.07) is 22.6. The summed E-state index contributed by atoms with van der Waals surface area (Å²) in [5.74, 6) is -0.610. The van der Waals surface area contributed by atoms with Crippen molar-refractivity contribution in [3.8, 4) is 17.2 Å². The lowest BCUT2D eigenvalue weighted by molar-refractivity contribution is -0.137. The summed E-state index contributed by atoms with van der Waals surface area (Å²) in [6.45, 7) is 0. The second-order valence-corrected chi connectivity index (χ2v) is 10.8. The van der Waals surface area contributed by atoms with Crippen LogP contribution in [0.4, 0.5) is 24.5 Å². The van der Waals surface area contributed by atoms with Gasteiger partial charge < -0.3 is 30.2 Å². The quantitative estimate of drug-likeness (QED) is 0.112. The number of anilines is 2. The third-order valence-electron chi connectivity index (χ3n) is 6.48. The van der Waals surface area contributed by atoms with Gasteiger partial charge in [0.1, 0.15) is 5.70 Å². The smallest absolute Gasteiger partial charge is 0.416 e. The zero-order valence-corrected chi connectivity index (χ0v) is 26.3. The number of hydrogen-bond donors (Lipinski definition) is 3. The minimum absolute atomic E-state index is 0.0400. The van der Waals surface area contributed by atoms with E-state index in [0.717, 1.165) is 23.9 Å². The van der Waals surface area contributed by atoms with Crippen LogP contribution in [0.2, 0.25) is 0 Å². The Balaban J connectivity index is 1.47. The Hall–Kier alpha value is -5.43. The summed E-state index contributed by atoms with van der Waals surface area (Å²) in [5.41, 5.74) is 0.331. The van der Waals surface area contributed by atoms with E-state index in [1.54, 1.807) is 66.7 Å². The van der Waals surface area contributed by atoms with Crippen LogP contribution in [0.25, 0.3) is 6.08 Å². The first-order valence-electron chi connectivity index (χ1n) is 13.9. The second kappa shape index (κ2) is 15.7. The topological polar surface area (TPSA) is 115 Å². The van der Waals surface area contributed by atoms with Gasteiger partial charge in [0.15, 0.2) is 11.5 Å². The molecule has 0 saturated heterocycles. The molecule has 47 heavy (non-hydrogen) atoms. The van der Waals surface area contributed by atoms with Crippen LogP contribution in [0.5, 0.6) is 17.2 Å². The van der Waals surface area contributed by atoms with Crippen LogP contribution in [-0.4, -0.2) is 44.8 Å². The van der Waals surface area contributed by atoms with E-state index in [9.17, 15) is 27.6 Å². The van der Waals surface area contributed by atoms with Crippen LogP contribution in [0.3, 0.4) is 0 Å². The summed E-state index contributed by atoms with van der Waals surface area (Å²) in [4.78, 5) is 39.5. The second-order valence-electron chi connectivity index (χ2n) is 9.73. The number of halogens is 3. The lowest BCUT2D eigenvalue weighted by Crippen LogP contribution is -2.30. The summed E-state index contributed by atoms with van der Waals surface area (Å²) in [5, 5.41) is 7.88. The van der Waals surface area contributed by atoms with E-state index < -0.39 is 29.5 Å². The number of carbonyl (C=O) groups excluding carboxylic acids is 3. The van der Waals surface area contributed by atoms with Gasteiger partial charge in [-0.25, -0.2) is 0 Å². The fourth-order valence-corrected chi connectivity index (χ4v) is 4.94. The third kappa shape index (κ3) is 9.53. The maximum absolute atomic E-state index is 13.5. The number of benzene rings is 4. The number of rotatable bonds is 12. The van der Waals surface area contributed by atoms with Gasteiger partial charge in [0.05, 0.1) is 32.6 Å². The zero-order chi connectivity index (χ0) is 34.0. The highest BCUT2D eigenvalue weighted by Crippen LogP contribution is 2.38. The molecule has 0 aliphatic rings. The first-order valence-corrected chi connectivity index (χ1v) is 14.9. The monoisotopic (exact) mass is 665 g/mol. The van der Waals surface area contributed by atoms with Crippen molar-refractivity contribution in [1.29, 1.82) is 0 Å². The molecule has 13 heteroatoms. The van der Waals surface area contributed by atoms with Crippen molar-refractivity contribution in [3.05, 3.63) is 113 Å². The number of methoxy groups -OCH3 is 3. The first kappa shape index (κ1) is 34.4. The maximum Gasteiger partial charge on any atom is 0.416 e. The van der Waals surface area contributed by atoms with Gasteiger partial charge in [-0.2, -0.15) is 13.2 Å². The Kier molecular flexibility index (Phi) is 11.5. The minimum atomic E-state index is -4.52. The summed E-state index contributed by atoms with van der Waals surface area (Å²) in [7, 11) is 4.38. The van der Waals surface area contributed by atoms with E-state index in [1.165, 1.54) is 39.5 Å². The molecule has 0 unspecified atom stereocenters. The van der Waals surface area contributed by atoms with Gasteiger partial charge in [-0.05, 0) is 78.4 Å². The molecule has 3 amide bonds. The van der Waals surface area contributed by atoms with Gasteiger partial charge in [-0.3, -0.25) is 14.4 Å². The summed E-state index contributed by atoms with van der Waals surface area (Å²) in [6.07, 6.45) is -3.05. The molecule has 4 aromatic carbocycles. The molecule has 0 aliphatic carbocycles. The molecular formula is C34H30F3N3O6S. The fraction of sp³-hybridized carbons (Fsp3) is 0.147. The molecule has 0 aromatic heterocycles. The number of hydrogen-bond acceptors (Lipinski definition) is 7. The largest absolute Gasteiger partial charge is 0.493 e. The normalized spacial score (nSPS) is 11.3. The number of thioether (sulfide) groups is 1. The summed E-state index contributed by atoms with van der Waals surface area (Å²) < 4.78 is 55.1. The van der Waals surface area contributed by atoms with Crippen molar-refractivity contribution in [2.24, 2.45) is 0 Å². The van der Waals surface area contributed by atoms with Crippen LogP contribution in [-0.2, 0) is 15.8 Å². The Labute approximate surface area is 273 Å². The number of amides is 3. The van der Waals surface area contributed by atoms with Gasteiger partial charge in [0.25, 0.3) is 11.8 Å². The van der Waals surface area contributed by atoms with E-state index in [1.807, 2.05) is 0 Å². The Bertz CT molecular complexity index is 1740. The highest BCUT2D eigenvalue weighted by atomic mass is 32.2. The van der Waals surface area contributed by atoms with Crippen LogP contribution in [0.1, 0.15) is 21.5 Å². The van der Waals surface area contributed by atoms with Gasteiger partial charge >= 0.3 is 6.18 Å². The van der Waals surface area contributed by atoms with E-state index in [2.05, 4.69) is 16.0 Å². The lowest BCUT2D eigenvalue weighted by Gasteiger charge is -2.15. The van der Waals surface area contributed by atoms with Crippen molar-refractivity contribution < 1.29 is 41.8 Å². The molecule has 0 fully saturated rings. The molecule has 244 valence electrons. The minimum Gasteiger partial charge on any atom is -0.493 e. The Morgan fingerprint density at radius 2 is 1.43 bits per heavy atom. The third-order valence-corrected chi connectivity index (χ3v) is 7.49. The molecule has 0 radical (unpaired) electrons. The maximum atomic E-state index is 13.5. The van der Waals surface area contributed by atoms with Crippen molar-refractivity contribution in [2.75, 3.05) is 37.7 Å². The molecule has 9 nitrogen and oxygen atoms in total. The zero-order valence-electron chi connectivity index (χ0n) is 25.4. The predicted molar refractivity (Wildman–Crippen MR) is 174 cm³/mol. The SMILES string of the molecule is COc1cc(/C=C(\NC(=O)c2ccccc2)C(=O)Nc2ccc(SCC(=O)Nc3cccc(C(F)(F)F)c3)cc2)cc(OC)c1OC. The number of alkyl halides is 3.